The van der Waals surface area contributed by atoms with E-state index >= 15 is 0 Å². The van der Waals surface area contributed by atoms with Crippen LogP contribution in [-0.4, -0.2) is 61.8 Å². The van der Waals surface area contributed by atoms with Crippen LogP contribution in [0, 0.1) is 0 Å². The number of nitrogens with zero attached hydrogens (tertiary/aromatic N) is 2. The molecule has 1 aliphatic rings. The minimum Gasteiger partial charge on any atom is -0.374 e. The Hall–Kier alpha value is -0.120. The molecule has 0 radical (unpaired) electrons. The summed E-state index contributed by atoms with van der Waals surface area (Å²) in [5, 5.41) is 0. The summed E-state index contributed by atoms with van der Waals surface area (Å²) in [4.78, 5) is 4.94. The van der Waals surface area contributed by atoms with Crippen LogP contribution in [0.5, 0.6) is 0 Å². The fraction of sp³-hybridized carbons (Fsp3) is 1.00. The predicted molar refractivity (Wildman–Crippen MR) is 82.7 cm³/mol. The maximum atomic E-state index is 6.25. The largest absolute Gasteiger partial charge is 0.374 e. The SMILES string of the molecule is CCCCC(C)(CCC)OCCN1CCN(C)CC1. The van der Waals surface area contributed by atoms with Gasteiger partial charge in [0, 0.05) is 32.7 Å². The monoisotopic (exact) mass is 270 g/mol. The first-order chi connectivity index (χ1) is 9.09. The number of rotatable bonds is 9. The van der Waals surface area contributed by atoms with E-state index in [1.807, 2.05) is 0 Å². The van der Waals surface area contributed by atoms with E-state index in [1.165, 1.54) is 58.3 Å². The van der Waals surface area contributed by atoms with Gasteiger partial charge in [-0.2, -0.15) is 0 Å². The van der Waals surface area contributed by atoms with Gasteiger partial charge in [-0.1, -0.05) is 33.1 Å². The number of piperazine rings is 1. The lowest BCUT2D eigenvalue weighted by Crippen LogP contribution is -2.46. The lowest BCUT2D eigenvalue weighted by atomic mass is 9.94. The van der Waals surface area contributed by atoms with Crippen LogP contribution in [0.15, 0.2) is 0 Å². The molecule has 1 rings (SSSR count). The highest BCUT2D eigenvalue weighted by Gasteiger charge is 2.23. The smallest absolute Gasteiger partial charge is 0.0655 e. The van der Waals surface area contributed by atoms with E-state index in [-0.39, 0.29) is 5.60 Å². The molecule has 114 valence electrons. The van der Waals surface area contributed by atoms with Crippen molar-refractivity contribution in [2.75, 3.05) is 46.4 Å². The van der Waals surface area contributed by atoms with Gasteiger partial charge in [0.1, 0.15) is 0 Å². The second-order valence-electron chi connectivity index (χ2n) is 6.30. The van der Waals surface area contributed by atoms with Gasteiger partial charge in [0.2, 0.25) is 0 Å². The Labute approximate surface area is 120 Å². The van der Waals surface area contributed by atoms with Gasteiger partial charge >= 0.3 is 0 Å². The molecule has 19 heavy (non-hydrogen) atoms. The van der Waals surface area contributed by atoms with Gasteiger partial charge in [-0.05, 0) is 26.8 Å². The number of likely N-dealkylation sites (N-methyl/N-ethyl adjacent to an activating group) is 1. The Kier molecular flexibility index (Phi) is 7.96. The minimum atomic E-state index is 0.108. The van der Waals surface area contributed by atoms with E-state index in [1.54, 1.807) is 0 Å². The maximum Gasteiger partial charge on any atom is 0.0655 e. The highest BCUT2D eigenvalue weighted by Crippen LogP contribution is 2.24. The molecule has 0 aromatic heterocycles. The second-order valence-corrected chi connectivity index (χ2v) is 6.30. The predicted octanol–water partition coefficient (Wildman–Crippen LogP) is 3.00. The topological polar surface area (TPSA) is 15.7 Å². The van der Waals surface area contributed by atoms with Crippen LogP contribution in [0.4, 0.5) is 0 Å². The molecule has 0 N–H and O–H groups in total. The third-order valence-electron chi connectivity index (χ3n) is 4.29. The first-order valence-electron chi connectivity index (χ1n) is 8.14. The molecular formula is C16H34N2O. The minimum absolute atomic E-state index is 0.108. The lowest BCUT2D eigenvalue weighted by molar-refractivity contribution is -0.0545. The van der Waals surface area contributed by atoms with Crippen LogP contribution < -0.4 is 0 Å². The van der Waals surface area contributed by atoms with E-state index in [0.717, 1.165) is 13.2 Å². The third kappa shape index (κ3) is 6.73. The van der Waals surface area contributed by atoms with Gasteiger partial charge in [-0.15, -0.1) is 0 Å². The fourth-order valence-corrected chi connectivity index (χ4v) is 2.84. The summed E-state index contributed by atoms with van der Waals surface area (Å²) in [5.41, 5.74) is 0.108. The van der Waals surface area contributed by atoms with Crippen molar-refractivity contribution in [2.45, 2.75) is 58.5 Å². The average Bonchev–Trinajstić information content (AvgIpc) is 2.39. The third-order valence-corrected chi connectivity index (χ3v) is 4.29. The van der Waals surface area contributed by atoms with Gasteiger partial charge in [-0.3, -0.25) is 4.90 Å². The first kappa shape index (κ1) is 16.9. The standard InChI is InChI=1S/C16H34N2O/c1-5-7-9-16(3,8-6-2)19-15-14-18-12-10-17(4)11-13-18/h5-15H2,1-4H3. The number of unbranched alkanes of at least 4 members (excludes halogenated alkanes) is 1. The first-order valence-corrected chi connectivity index (χ1v) is 8.14. The van der Waals surface area contributed by atoms with Crippen molar-refractivity contribution in [1.29, 1.82) is 0 Å². The lowest BCUT2D eigenvalue weighted by Gasteiger charge is -2.34. The van der Waals surface area contributed by atoms with E-state index in [2.05, 4.69) is 37.6 Å². The van der Waals surface area contributed by atoms with Gasteiger partial charge in [0.05, 0.1) is 12.2 Å². The van der Waals surface area contributed by atoms with Crippen LogP contribution in [0.2, 0.25) is 0 Å². The number of hydrogen-bond acceptors (Lipinski definition) is 3. The summed E-state index contributed by atoms with van der Waals surface area (Å²) in [6.07, 6.45) is 6.16. The molecule has 0 aromatic carbocycles. The van der Waals surface area contributed by atoms with Crippen molar-refractivity contribution >= 4 is 0 Å². The molecule has 0 aliphatic carbocycles. The Morgan fingerprint density at radius 1 is 1.00 bits per heavy atom. The molecule has 1 atom stereocenters. The summed E-state index contributed by atoms with van der Waals surface area (Å²) in [7, 11) is 2.21. The highest BCUT2D eigenvalue weighted by atomic mass is 16.5. The van der Waals surface area contributed by atoms with Gasteiger partial charge in [0.25, 0.3) is 0 Å². The van der Waals surface area contributed by atoms with Crippen molar-refractivity contribution in [3.05, 3.63) is 0 Å². The summed E-state index contributed by atoms with van der Waals surface area (Å²) < 4.78 is 6.25. The van der Waals surface area contributed by atoms with Crippen molar-refractivity contribution in [3.8, 4) is 0 Å². The van der Waals surface area contributed by atoms with E-state index in [4.69, 9.17) is 4.74 Å². The van der Waals surface area contributed by atoms with Crippen LogP contribution >= 0.6 is 0 Å². The summed E-state index contributed by atoms with van der Waals surface area (Å²) in [6.45, 7) is 13.6. The molecule has 0 saturated carbocycles. The molecule has 0 amide bonds. The van der Waals surface area contributed by atoms with Crippen LogP contribution in [0.25, 0.3) is 0 Å². The molecule has 1 heterocycles. The van der Waals surface area contributed by atoms with Gasteiger partial charge in [-0.25, -0.2) is 0 Å². The molecule has 1 aliphatic heterocycles. The second kappa shape index (κ2) is 8.93. The molecule has 0 aromatic rings. The molecule has 0 bridgehead atoms. The van der Waals surface area contributed by atoms with E-state index < -0.39 is 0 Å². The maximum absolute atomic E-state index is 6.25. The Morgan fingerprint density at radius 3 is 2.26 bits per heavy atom. The highest BCUT2D eigenvalue weighted by molar-refractivity contribution is 4.75. The molecule has 1 fully saturated rings. The quantitative estimate of drug-likeness (QED) is 0.640. The van der Waals surface area contributed by atoms with Crippen LogP contribution in [-0.2, 0) is 4.74 Å². The summed E-state index contributed by atoms with van der Waals surface area (Å²) in [6, 6.07) is 0. The molecule has 3 heteroatoms. The normalized spacial score (nSPS) is 21.5. The molecule has 1 unspecified atom stereocenters. The molecule has 3 nitrogen and oxygen atoms in total. The zero-order valence-electron chi connectivity index (χ0n) is 13.6. The Balaban J connectivity index is 2.23. The molecule has 0 spiro atoms. The van der Waals surface area contributed by atoms with E-state index in [9.17, 15) is 0 Å². The number of hydrogen-bond donors (Lipinski definition) is 0. The molecular weight excluding hydrogens is 236 g/mol. The average molecular weight is 270 g/mol. The van der Waals surface area contributed by atoms with Gasteiger partial charge < -0.3 is 9.64 Å². The molecule has 1 saturated heterocycles. The van der Waals surface area contributed by atoms with E-state index in [0.29, 0.717) is 0 Å². The number of ether oxygens (including phenoxy) is 1. The van der Waals surface area contributed by atoms with Crippen molar-refractivity contribution < 1.29 is 4.74 Å². The zero-order chi connectivity index (χ0) is 14.1. The Bertz CT molecular complexity index is 227. The van der Waals surface area contributed by atoms with Crippen molar-refractivity contribution in [3.63, 3.8) is 0 Å². The fourth-order valence-electron chi connectivity index (χ4n) is 2.84. The Morgan fingerprint density at radius 2 is 1.68 bits per heavy atom. The van der Waals surface area contributed by atoms with Gasteiger partial charge in [0.15, 0.2) is 0 Å². The zero-order valence-corrected chi connectivity index (χ0v) is 13.6. The summed E-state index contributed by atoms with van der Waals surface area (Å²) >= 11 is 0. The van der Waals surface area contributed by atoms with Crippen molar-refractivity contribution in [1.82, 2.24) is 9.80 Å². The summed E-state index contributed by atoms with van der Waals surface area (Å²) in [5.74, 6) is 0. The van der Waals surface area contributed by atoms with Crippen LogP contribution in [0.1, 0.15) is 52.9 Å². The van der Waals surface area contributed by atoms with Crippen LogP contribution in [0.3, 0.4) is 0 Å². The van der Waals surface area contributed by atoms with Crippen molar-refractivity contribution in [2.24, 2.45) is 0 Å².